The Hall–Kier alpha value is -0.790. The molecule has 0 nitrogen and oxygen atoms in total. The van der Waals surface area contributed by atoms with Gasteiger partial charge in [0.1, 0.15) is 0 Å². The number of allylic oxidation sites excluding steroid dienone is 4. The maximum atomic E-state index is 3.36. The molecule has 0 N–H and O–H groups in total. The first-order chi connectivity index (χ1) is 14.2. The van der Waals surface area contributed by atoms with E-state index in [9.17, 15) is 0 Å². The predicted molar refractivity (Wildman–Crippen MR) is 157 cm³/mol. The molecule has 0 fully saturated rings. The predicted octanol–water partition coefficient (Wildman–Crippen LogP) is 9.54. The van der Waals surface area contributed by atoms with Gasteiger partial charge < -0.3 is 14.9 Å². The van der Waals surface area contributed by atoms with Crippen molar-refractivity contribution in [3.8, 4) is 11.1 Å². The minimum absolute atomic E-state index is 0. The average Bonchev–Trinajstić information content (AvgIpc) is 3.25. The third kappa shape index (κ3) is 8.12. The van der Waals surface area contributed by atoms with Gasteiger partial charge in [-0.25, -0.2) is 5.57 Å². The van der Waals surface area contributed by atoms with Gasteiger partial charge in [-0.15, -0.1) is 78.4 Å². The molecule has 0 aliphatic heterocycles. The summed E-state index contributed by atoms with van der Waals surface area (Å²) in [7, 11) is 0. The zero-order valence-corrected chi connectivity index (χ0v) is 27.5. The molecule has 4 heteroatoms. The summed E-state index contributed by atoms with van der Waals surface area (Å²) in [6, 6.07) is 15.4. The average molecular weight is 591 g/mol. The van der Waals surface area contributed by atoms with Crippen molar-refractivity contribution in [2.75, 3.05) is 0 Å². The first-order valence-corrected chi connectivity index (χ1v) is 14.7. The van der Waals surface area contributed by atoms with Crippen LogP contribution in [0.1, 0.15) is 49.9 Å². The molecule has 1 aliphatic carbocycles. The van der Waals surface area contributed by atoms with Crippen LogP contribution in [0.25, 0.3) is 21.9 Å². The van der Waals surface area contributed by atoms with Gasteiger partial charge in [-0.1, -0.05) is 49.9 Å². The summed E-state index contributed by atoms with van der Waals surface area (Å²) < 4.78 is 0. The maximum absolute atomic E-state index is 3.36. The second kappa shape index (κ2) is 16.8. The molecule has 2 radical (unpaired) electrons. The van der Waals surface area contributed by atoms with E-state index in [1.807, 2.05) is 0 Å². The molecule has 0 heterocycles. The standard InChI is InChI=1S/C19H19.C9H13.2CH3.2ClH.Si.Zr/c1-12-11-13(2)19(15(4)14(12)3)18-10-9-16-7-5-6-8-17(16)18;1-6-5-7(2)9(4)8(6)3;;;;;;/h5-11H,1-4H3;6H,1-4H3;2*1H3;2*1H;;/q4*-1;;;;. The van der Waals surface area contributed by atoms with Gasteiger partial charge in [-0.2, -0.15) is 11.1 Å². The van der Waals surface area contributed by atoms with Crippen molar-refractivity contribution < 1.29 is 23.3 Å². The van der Waals surface area contributed by atoms with E-state index in [1.165, 1.54) is 84.2 Å². The summed E-state index contributed by atoms with van der Waals surface area (Å²) in [6.45, 7) is 20.6. The third-order valence-corrected chi connectivity index (χ3v) is 6.54. The molecule has 0 saturated carbocycles. The Labute approximate surface area is 239 Å². The second-order valence-corrected chi connectivity index (χ2v) is 8.27. The fraction of sp³-hybridized carbons (Fsp3) is 0.300. The van der Waals surface area contributed by atoms with Crippen LogP contribution in [0.2, 0.25) is 0 Å². The first-order valence-electron chi connectivity index (χ1n) is 10.5. The van der Waals surface area contributed by atoms with E-state index < -0.39 is 0 Å². The molecule has 3 aromatic carbocycles. The minimum atomic E-state index is 0. The van der Waals surface area contributed by atoms with E-state index in [-0.39, 0.29) is 39.7 Å². The fourth-order valence-corrected chi connectivity index (χ4v) is 4.23. The number of halogens is 2. The van der Waals surface area contributed by atoms with Crippen LogP contribution in [0, 0.1) is 54.5 Å². The van der Waals surface area contributed by atoms with Crippen molar-refractivity contribution in [2.24, 2.45) is 5.92 Å². The van der Waals surface area contributed by atoms with Crippen molar-refractivity contribution in [1.29, 1.82) is 0 Å². The molecule has 4 rings (SSSR count). The summed E-state index contributed by atoms with van der Waals surface area (Å²) in [5.41, 5.74) is 12.6. The molecule has 1 unspecified atom stereocenters. The Bertz CT molecular complexity index is 1120. The number of hydrogen-bond donors (Lipinski definition) is 0. The number of fused-ring (bicyclic) bond motifs is 1. The van der Waals surface area contributed by atoms with Crippen molar-refractivity contribution in [3.05, 3.63) is 102 Å². The van der Waals surface area contributed by atoms with Crippen LogP contribution < -0.4 is 0 Å². The van der Waals surface area contributed by atoms with Crippen LogP contribution in [0.4, 0.5) is 0 Å². The van der Waals surface area contributed by atoms with Crippen LogP contribution in [-0.4, -0.2) is 6.88 Å². The normalized spacial score (nSPS) is 13.5. The van der Waals surface area contributed by atoms with Gasteiger partial charge in [0.05, 0.1) is 0 Å². The van der Waals surface area contributed by atoms with E-state index in [2.05, 4.69) is 111 Å². The summed E-state index contributed by atoms with van der Waals surface area (Å²) in [5, 5.41) is 2.69. The number of hydrogen-bond acceptors (Lipinski definition) is 0. The van der Waals surface area contributed by atoms with E-state index in [0.717, 1.165) is 0 Å². The Kier molecular flexibility index (Phi) is 18.7. The molecule has 3 aromatic rings. The Morgan fingerprint density at radius 3 is 1.88 bits per heavy atom. The first kappa shape index (κ1) is 37.8. The van der Waals surface area contributed by atoms with Gasteiger partial charge in [0.15, 0.2) is 0 Å². The monoisotopic (exact) mass is 588 g/mol. The van der Waals surface area contributed by atoms with Crippen LogP contribution in [0.3, 0.4) is 0 Å². The van der Waals surface area contributed by atoms with Crippen LogP contribution >= 0.6 is 24.8 Å². The van der Waals surface area contributed by atoms with Crippen molar-refractivity contribution >= 4 is 42.5 Å². The summed E-state index contributed by atoms with van der Waals surface area (Å²) in [5.74, 6) is 0.560. The summed E-state index contributed by atoms with van der Waals surface area (Å²) in [4.78, 5) is 0. The topological polar surface area (TPSA) is 0 Å². The fourth-order valence-electron chi connectivity index (χ4n) is 4.23. The molecule has 0 spiro atoms. The van der Waals surface area contributed by atoms with Crippen LogP contribution in [-0.2, 0) is 23.3 Å². The molecule has 0 amide bonds. The molecule has 0 bridgehead atoms. The molecular formula is C30H40Cl2SiZr-4. The molecule has 0 saturated heterocycles. The van der Waals surface area contributed by atoms with Gasteiger partial charge in [0, 0.05) is 0 Å². The molecule has 1 atom stereocenters. The zero-order chi connectivity index (χ0) is 22.6. The zero-order valence-electron chi connectivity index (χ0n) is 22.4. The van der Waals surface area contributed by atoms with E-state index in [1.54, 1.807) is 0 Å². The van der Waals surface area contributed by atoms with E-state index >= 15 is 0 Å². The second-order valence-electron chi connectivity index (χ2n) is 8.27. The summed E-state index contributed by atoms with van der Waals surface area (Å²) >= 11 is 1.36. The van der Waals surface area contributed by atoms with Gasteiger partial charge in [0.2, 0.25) is 0 Å². The summed E-state index contributed by atoms with van der Waals surface area (Å²) in [6.07, 6.45) is 3.36. The van der Waals surface area contributed by atoms with Crippen LogP contribution in [0.15, 0.2) is 59.2 Å². The van der Waals surface area contributed by atoms with Crippen LogP contribution in [0.5, 0.6) is 0 Å². The number of aryl methyl sites for hydroxylation is 2. The quantitative estimate of drug-likeness (QED) is 0.196. The molecule has 0 aromatic heterocycles. The third-order valence-electron chi connectivity index (χ3n) is 6.54. The van der Waals surface area contributed by atoms with E-state index in [4.69, 9.17) is 0 Å². The SMILES string of the molecule is CC1=[C-]C(C)C(C)=C1C.Cc1cc(C)c(-c2c[cH-]c3ccccc23)c(C)c1C.Cl.Cl.[CH3-].[CH3-].[Si]=[Zr]. The van der Waals surface area contributed by atoms with E-state index in [0.29, 0.717) is 5.92 Å². The Morgan fingerprint density at radius 1 is 0.853 bits per heavy atom. The number of rotatable bonds is 1. The van der Waals surface area contributed by atoms with Gasteiger partial charge in [-0.3, -0.25) is 6.08 Å². The number of benzene rings is 2. The molecule has 34 heavy (non-hydrogen) atoms. The van der Waals surface area contributed by atoms with Gasteiger partial charge in [0.25, 0.3) is 0 Å². The van der Waals surface area contributed by atoms with Gasteiger partial charge in [-0.05, 0) is 44.4 Å². The molecular weight excluding hydrogens is 551 g/mol. The van der Waals surface area contributed by atoms with Crippen molar-refractivity contribution in [1.82, 2.24) is 0 Å². The van der Waals surface area contributed by atoms with Crippen molar-refractivity contribution in [2.45, 2.75) is 55.4 Å². The van der Waals surface area contributed by atoms with Gasteiger partial charge >= 0.3 is 30.2 Å². The van der Waals surface area contributed by atoms with Crippen molar-refractivity contribution in [3.63, 3.8) is 0 Å². The molecule has 186 valence electrons. The Balaban J connectivity index is -0.000000555. The molecule has 1 aliphatic rings. The Morgan fingerprint density at radius 2 is 1.41 bits per heavy atom.